The van der Waals surface area contributed by atoms with Gasteiger partial charge in [-0.1, -0.05) is 13.8 Å². The molecule has 0 aliphatic carbocycles. The van der Waals surface area contributed by atoms with Gasteiger partial charge in [-0.25, -0.2) is 31.9 Å². The van der Waals surface area contributed by atoms with Gasteiger partial charge in [0.25, 0.3) is 0 Å². The van der Waals surface area contributed by atoms with Crippen molar-refractivity contribution in [2.75, 3.05) is 5.32 Å². The molecule has 3 rings (SSSR count). The summed E-state index contributed by atoms with van der Waals surface area (Å²) in [6.07, 6.45) is 0.648. The molecule has 32 heavy (non-hydrogen) atoms. The number of hydrogen-bond acceptors (Lipinski definition) is 4. The summed E-state index contributed by atoms with van der Waals surface area (Å²) in [5.74, 6) is -11.5. The van der Waals surface area contributed by atoms with Gasteiger partial charge in [-0.2, -0.15) is 0 Å². The molecule has 0 aliphatic heterocycles. The topological polar surface area (TPSA) is 75.1 Å². The Labute approximate surface area is 180 Å². The van der Waals surface area contributed by atoms with E-state index in [2.05, 4.69) is 15.3 Å². The number of aromatic hydroxyl groups is 1. The standard InChI is InChI=1S/C22H18F5N3O2/c1-10(2)7-14-22(28-9-15(29-14)11-3-5-12(31)6-4-11)30-16(32)8-13-17(23)19(25)21(27)20(26)18(13)24/h3-6,9-10,31H,7-8H2,1-2H3,(H,28,30,32). The van der Waals surface area contributed by atoms with Crippen molar-refractivity contribution in [2.45, 2.75) is 26.7 Å². The molecule has 0 radical (unpaired) electrons. The molecule has 0 unspecified atom stereocenters. The largest absolute Gasteiger partial charge is 0.508 e. The predicted molar refractivity (Wildman–Crippen MR) is 106 cm³/mol. The molecule has 3 aromatic rings. The fraction of sp³-hybridized carbons (Fsp3) is 0.227. The lowest BCUT2D eigenvalue weighted by atomic mass is 10.1. The minimum Gasteiger partial charge on any atom is -0.508 e. The molecule has 0 atom stereocenters. The summed E-state index contributed by atoms with van der Waals surface area (Å²) in [6, 6.07) is 6.19. The van der Waals surface area contributed by atoms with Gasteiger partial charge in [0.15, 0.2) is 29.1 Å². The van der Waals surface area contributed by atoms with E-state index in [1.54, 1.807) is 12.1 Å². The lowest BCUT2D eigenvalue weighted by Crippen LogP contribution is -2.20. The summed E-state index contributed by atoms with van der Waals surface area (Å²) in [6.45, 7) is 3.80. The van der Waals surface area contributed by atoms with E-state index in [4.69, 9.17) is 0 Å². The summed E-state index contributed by atoms with van der Waals surface area (Å²) in [5, 5.41) is 11.8. The smallest absolute Gasteiger partial charge is 0.230 e. The number of carbonyl (C=O) groups is 1. The number of anilines is 1. The first kappa shape index (κ1) is 23.1. The summed E-state index contributed by atoms with van der Waals surface area (Å²) in [7, 11) is 0. The van der Waals surface area contributed by atoms with Gasteiger partial charge in [0, 0.05) is 11.1 Å². The molecule has 1 amide bonds. The maximum absolute atomic E-state index is 13.9. The second kappa shape index (κ2) is 9.29. The van der Waals surface area contributed by atoms with Gasteiger partial charge in [-0.3, -0.25) is 4.79 Å². The zero-order chi connectivity index (χ0) is 23.6. The molecule has 1 aromatic heterocycles. The maximum Gasteiger partial charge on any atom is 0.230 e. The van der Waals surface area contributed by atoms with E-state index >= 15 is 0 Å². The van der Waals surface area contributed by atoms with E-state index in [0.29, 0.717) is 23.4 Å². The van der Waals surface area contributed by atoms with Gasteiger partial charge >= 0.3 is 0 Å². The molecule has 0 bridgehead atoms. The number of hydrogen-bond donors (Lipinski definition) is 2. The van der Waals surface area contributed by atoms with Crippen LogP contribution in [0.2, 0.25) is 0 Å². The maximum atomic E-state index is 13.9. The first-order valence-corrected chi connectivity index (χ1v) is 9.54. The van der Waals surface area contributed by atoms with Crippen molar-refractivity contribution in [1.29, 1.82) is 0 Å². The number of rotatable bonds is 6. The SMILES string of the molecule is CC(C)Cc1nc(-c2ccc(O)cc2)cnc1NC(=O)Cc1c(F)c(F)c(F)c(F)c1F. The molecule has 0 aliphatic rings. The van der Waals surface area contributed by atoms with Crippen LogP contribution in [-0.4, -0.2) is 21.0 Å². The van der Waals surface area contributed by atoms with Crippen molar-refractivity contribution < 1.29 is 31.9 Å². The molecule has 168 valence electrons. The molecule has 0 saturated heterocycles. The molecule has 0 fully saturated rings. The monoisotopic (exact) mass is 451 g/mol. The van der Waals surface area contributed by atoms with Crippen LogP contribution in [-0.2, 0) is 17.6 Å². The van der Waals surface area contributed by atoms with Crippen molar-refractivity contribution in [2.24, 2.45) is 5.92 Å². The Balaban J connectivity index is 1.89. The van der Waals surface area contributed by atoms with E-state index in [1.807, 2.05) is 13.8 Å². The van der Waals surface area contributed by atoms with Gasteiger partial charge in [0.05, 0.1) is 24.0 Å². The Hall–Kier alpha value is -3.56. The highest BCUT2D eigenvalue weighted by molar-refractivity contribution is 5.92. The fourth-order valence-electron chi connectivity index (χ4n) is 2.97. The van der Waals surface area contributed by atoms with Gasteiger partial charge in [-0.05, 0) is 36.6 Å². The summed E-state index contributed by atoms with van der Waals surface area (Å²) >= 11 is 0. The minimum atomic E-state index is -2.29. The van der Waals surface area contributed by atoms with E-state index in [-0.39, 0.29) is 17.5 Å². The number of nitrogens with one attached hydrogen (secondary N) is 1. The highest BCUT2D eigenvalue weighted by Crippen LogP contribution is 2.25. The summed E-state index contributed by atoms with van der Waals surface area (Å²) < 4.78 is 67.7. The second-order valence-electron chi connectivity index (χ2n) is 7.47. The predicted octanol–water partition coefficient (Wildman–Crippen LogP) is 4.92. The fourth-order valence-corrected chi connectivity index (χ4v) is 2.97. The molecule has 2 N–H and O–H groups in total. The van der Waals surface area contributed by atoms with Crippen molar-refractivity contribution in [3.05, 3.63) is 70.8 Å². The van der Waals surface area contributed by atoms with Gasteiger partial charge < -0.3 is 10.4 Å². The first-order valence-electron chi connectivity index (χ1n) is 9.54. The quantitative estimate of drug-likeness (QED) is 0.317. The number of phenols is 1. The molecule has 0 spiro atoms. The van der Waals surface area contributed by atoms with Gasteiger partial charge in [0.2, 0.25) is 11.7 Å². The Morgan fingerprint density at radius 3 is 2.09 bits per heavy atom. The number of amides is 1. The lowest BCUT2D eigenvalue weighted by Gasteiger charge is -2.13. The van der Waals surface area contributed by atoms with Crippen LogP contribution in [0.25, 0.3) is 11.3 Å². The van der Waals surface area contributed by atoms with Crippen LogP contribution in [0.3, 0.4) is 0 Å². The Bertz CT molecular complexity index is 1140. The molecular formula is C22H18F5N3O2. The Kier molecular flexibility index (Phi) is 6.71. The molecule has 10 heteroatoms. The number of halogens is 5. The molecule has 1 heterocycles. The number of carbonyl (C=O) groups excluding carboxylic acids is 1. The van der Waals surface area contributed by atoms with Crippen LogP contribution in [0.4, 0.5) is 27.8 Å². The Morgan fingerprint density at radius 1 is 0.969 bits per heavy atom. The van der Waals surface area contributed by atoms with Crippen LogP contribution >= 0.6 is 0 Å². The number of phenolic OH excluding ortho intramolecular Hbond substituents is 1. The average molecular weight is 451 g/mol. The van der Waals surface area contributed by atoms with Crippen LogP contribution < -0.4 is 5.32 Å². The van der Waals surface area contributed by atoms with Gasteiger partial charge in [0.1, 0.15) is 5.75 Å². The number of benzene rings is 2. The highest BCUT2D eigenvalue weighted by Gasteiger charge is 2.27. The van der Waals surface area contributed by atoms with E-state index < -0.39 is 47.0 Å². The van der Waals surface area contributed by atoms with Crippen LogP contribution in [0.15, 0.2) is 30.5 Å². The third-order valence-electron chi connectivity index (χ3n) is 4.51. The summed E-state index contributed by atoms with van der Waals surface area (Å²) in [4.78, 5) is 21.0. The van der Waals surface area contributed by atoms with Crippen molar-refractivity contribution in [1.82, 2.24) is 9.97 Å². The average Bonchev–Trinajstić information content (AvgIpc) is 2.75. The molecule has 5 nitrogen and oxygen atoms in total. The van der Waals surface area contributed by atoms with Crippen molar-refractivity contribution >= 4 is 11.7 Å². The zero-order valence-corrected chi connectivity index (χ0v) is 17.0. The van der Waals surface area contributed by atoms with Crippen LogP contribution in [0.1, 0.15) is 25.1 Å². The van der Waals surface area contributed by atoms with Crippen molar-refractivity contribution in [3.63, 3.8) is 0 Å². The first-order chi connectivity index (χ1) is 15.1. The number of nitrogens with zero attached hydrogens (tertiary/aromatic N) is 2. The van der Waals surface area contributed by atoms with E-state index in [1.165, 1.54) is 18.3 Å². The molecular weight excluding hydrogens is 433 g/mol. The minimum absolute atomic E-state index is 0.00935. The highest BCUT2D eigenvalue weighted by atomic mass is 19.2. The zero-order valence-electron chi connectivity index (χ0n) is 17.0. The summed E-state index contributed by atoms with van der Waals surface area (Å²) in [5.41, 5.74) is 0.243. The van der Waals surface area contributed by atoms with Gasteiger partial charge in [-0.15, -0.1) is 0 Å². The van der Waals surface area contributed by atoms with E-state index in [0.717, 1.165) is 0 Å². The molecule has 0 saturated carbocycles. The Morgan fingerprint density at radius 2 is 1.53 bits per heavy atom. The van der Waals surface area contributed by atoms with Crippen LogP contribution in [0.5, 0.6) is 5.75 Å². The number of aromatic nitrogens is 2. The van der Waals surface area contributed by atoms with Crippen LogP contribution in [0, 0.1) is 35.0 Å². The van der Waals surface area contributed by atoms with Crippen molar-refractivity contribution in [3.8, 4) is 17.0 Å². The third-order valence-corrected chi connectivity index (χ3v) is 4.51. The molecule has 2 aromatic carbocycles. The normalized spacial score (nSPS) is 11.1. The lowest BCUT2D eigenvalue weighted by molar-refractivity contribution is -0.115. The third kappa shape index (κ3) is 4.84. The second-order valence-corrected chi connectivity index (χ2v) is 7.47. The van der Waals surface area contributed by atoms with E-state index in [9.17, 15) is 31.9 Å².